The van der Waals surface area contributed by atoms with Gasteiger partial charge in [0.15, 0.2) is 0 Å². The summed E-state index contributed by atoms with van der Waals surface area (Å²) in [4.78, 5) is 39.3. The number of carbonyl (C=O) groups excluding carboxylic acids is 2. The van der Waals surface area contributed by atoms with Crippen molar-refractivity contribution in [3.63, 3.8) is 0 Å². The Hall–Kier alpha value is -2.63. The molecule has 5 aliphatic carbocycles. The van der Waals surface area contributed by atoms with Gasteiger partial charge in [0.1, 0.15) is 12.2 Å². The number of allylic oxidation sites excluding steroid dienone is 1. The monoisotopic (exact) mass is 714 g/mol. The molecule has 286 valence electrons. The van der Waals surface area contributed by atoms with E-state index in [-0.39, 0.29) is 59.4 Å². The standard InChI is InChI=1S/C46H66O6/c1-30(2)32-18-20-42(7)22-24-44(9)33(39(32)42)16-17-35-43(8)23-25-46(26-36(47)48,41(5,6)34(43)19-21-45(35,44)10)52-38(50)28-40(3,4)27-37(49)51-29-31-14-12-11-13-15-31/h7,11-15,32-35,39H,1,16-29H2,2-6,8-10H3,(H,47,48)/t32-,33+,34-,35?,39+,42+,43-,44+,45+,46+/m0/s1. The zero-order chi connectivity index (χ0) is 38.1. The van der Waals surface area contributed by atoms with Gasteiger partial charge in [-0.15, -0.1) is 0 Å². The van der Waals surface area contributed by atoms with E-state index in [2.05, 4.69) is 48.1 Å². The molecule has 6 rings (SSSR count). The van der Waals surface area contributed by atoms with Crippen molar-refractivity contribution in [1.29, 1.82) is 0 Å². The van der Waals surface area contributed by atoms with Crippen LogP contribution in [0, 0.1) is 69.0 Å². The molecule has 10 atom stereocenters. The topological polar surface area (TPSA) is 89.9 Å². The van der Waals surface area contributed by atoms with Crippen LogP contribution in [0.5, 0.6) is 0 Å². The van der Waals surface area contributed by atoms with Gasteiger partial charge in [0.2, 0.25) is 0 Å². The van der Waals surface area contributed by atoms with E-state index in [1.807, 2.05) is 44.2 Å². The van der Waals surface area contributed by atoms with E-state index in [1.165, 1.54) is 18.4 Å². The first-order chi connectivity index (χ1) is 24.1. The van der Waals surface area contributed by atoms with Crippen molar-refractivity contribution >= 4 is 17.9 Å². The molecule has 0 aliphatic heterocycles. The Labute approximate surface area is 314 Å². The lowest BCUT2D eigenvalue weighted by Gasteiger charge is -2.73. The molecule has 0 amide bonds. The van der Waals surface area contributed by atoms with Gasteiger partial charge in [-0.3, -0.25) is 14.4 Å². The highest BCUT2D eigenvalue weighted by molar-refractivity contribution is 5.75. The summed E-state index contributed by atoms with van der Waals surface area (Å²) in [5, 5.41) is 10.3. The van der Waals surface area contributed by atoms with Gasteiger partial charge in [-0.05, 0) is 140 Å². The van der Waals surface area contributed by atoms with Crippen LogP contribution in [0.25, 0.3) is 0 Å². The minimum atomic E-state index is -1.14. The second kappa shape index (κ2) is 13.3. The van der Waals surface area contributed by atoms with Crippen LogP contribution in [0.1, 0.15) is 144 Å². The summed E-state index contributed by atoms with van der Waals surface area (Å²) in [5.41, 5.74) is 0.00858. The van der Waals surface area contributed by atoms with Crippen molar-refractivity contribution in [2.45, 2.75) is 151 Å². The Morgan fingerprint density at radius 3 is 2.17 bits per heavy atom. The Kier molecular flexibility index (Phi) is 9.99. The Morgan fingerprint density at radius 2 is 1.52 bits per heavy atom. The van der Waals surface area contributed by atoms with Crippen molar-refractivity contribution < 1.29 is 29.0 Å². The lowest BCUT2D eigenvalue weighted by atomic mass is 9.31. The minimum absolute atomic E-state index is 0.00222. The van der Waals surface area contributed by atoms with Crippen LogP contribution in [0.4, 0.5) is 0 Å². The highest BCUT2D eigenvalue weighted by Gasteiger charge is 2.72. The largest absolute Gasteiger partial charge is 0.481 e. The third-order valence-corrected chi connectivity index (χ3v) is 16.7. The second-order valence-electron chi connectivity index (χ2n) is 20.3. The molecule has 5 fully saturated rings. The third-order valence-electron chi connectivity index (χ3n) is 16.7. The van der Waals surface area contributed by atoms with E-state index in [0.29, 0.717) is 30.1 Å². The van der Waals surface area contributed by atoms with Crippen molar-refractivity contribution in [3.8, 4) is 0 Å². The van der Waals surface area contributed by atoms with Crippen LogP contribution in [0.15, 0.2) is 42.5 Å². The highest BCUT2D eigenvalue weighted by Crippen LogP contribution is 2.78. The van der Waals surface area contributed by atoms with E-state index in [9.17, 15) is 19.5 Å². The van der Waals surface area contributed by atoms with E-state index < -0.39 is 28.4 Å². The molecule has 0 aromatic heterocycles. The van der Waals surface area contributed by atoms with Gasteiger partial charge in [-0.25, -0.2) is 0 Å². The fourth-order valence-electron chi connectivity index (χ4n) is 13.9. The van der Waals surface area contributed by atoms with Crippen molar-refractivity contribution in [1.82, 2.24) is 0 Å². The molecular formula is C46H66O6. The Bertz CT molecular complexity index is 1560. The number of hydrogen-bond donors (Lipinski definition) is 1. The molecule has 1 unspecified atom stereocenters. The van der Waals surface area contributed by atoms with Crippen LogP contribution in [-0.4, -0.2) is 28.6 Å². The number of aliphatic carboxylic acids is 1. The molecule has 6 heteroatoms. The maximum absolute atomic E-state index is 13.9. The van der Waals surface area contributed by atoms with E-state index >= 15 is 0 Å². The lowest BCUT2D eigenvalue weighted by molar-refractivity contribution is -0.269. The molecule has 0 heterocycles. The molecule has 1 N–H and O–H groups in total. The first-order valence-electron chi connectivity index (χ1n) is 20.2. The minimum Gasteiger partial charge on any atom is -0.481 e. The van der Waals surface area contributed by atoms with Crippen LogP contribution in [0.2, 0.25) is 0 Å². The van der Waals surface area contributed by atoms with Gasteiger partial charge < -0.3 is 14.6 Å². The van der Waals surface area contributed by atoms with Gasteiger partial charge >= 0.3 is 17.9 Å². The van der Waals surface area contributed by atoms with Gasteiger partial charge in [-0.1, -0.05) is 91.0 Å². The maximum Gasteiger partial charge on any atom is 0.307 e. The molecule has 52 heavy (non-hydrogen) atoms. The smallest absolute Gasteiger partial charge is 0.307 e. The Morgan fingerprint density at radius 1 is 0.846 bits per heavy atom. The van der Waals surface area contributed by atoms with Crippen molar-refractivity contribution in [2.24, 2.45) is 62.1 Å². The number of fused-ring (bicyclic) bond motifs is 7. The SMILES string of the molecule is [CH][C@]12CC[C@@H](C(=C)C)[C@@H]1[C@H]1CCC3[C@@]4(C)CC[C@](CC(=O)O)(OC(=O)CC(C)(C)CC(=O)OCc5ccccc5)C(C)(C)[C@@H]4CC[C@@]3(C)[C@]1(C)CC2. The predicted octanol–water partition coefficient (Wildman–Crippen LogP) is 10.7. The molecular weight excluding hydrogens is 648 g/mol. The van der Waals surface area contributed by atoms with E-state index in [0.717, 1.165) is 50.5 Å². The maximum atomic E-state index is 13.9. The van der Waals surface area contributed by atoms with Crippen LogP contribution < -0.4 is 0 Å². The van der Waals surface area contributed by atoms with Gasteiger partial charge in [0, 0.05) is 5.41 Å². The number of hydrogen-bond acceptors (Lipinski definition) is 5. The zero-order valence-corrected chi connectivity index (χ0v) is 33.4. The average Bonchev–Trinajstić information content (AvgIpc) is 3.40. The molecule has 1 aromatic carbocycles. The lowest BCUT2D eigenvalue weighted by Crippen LogP contribution is -2.69. The molecule has 5 saturated carbocycles. The zero-order valence-electron chi connectivity index (χ0n) is 33.4. The molecule has 0 spiro atoms. The van der Waals surface area contributed by atoms with Crippen LogP contribution in [0.3, 0.4) is 0 Å². The summed E-state index contributed by atoms with van der Waals surface area (Å²) < 4.78 is 12.0. The molecule has 1 aromatic rings. The fourth-order valence-corrected chi connectivity index (χ4v) is 13.9. The van der Waals surface area contributed by atoms with Crippen molar-refractivity contribution in [2.75, 3.05) is 0 Å². The summed E-state index contributed by atoms with van der Waals surface area (Å²) in [6, 6.07) is 9.52. The number of carbonyl (C=O) groups is 3. The normalized spacial score (nSPS) is 40.7. The second-order valence-corrected chi connectivity index (χ2v) is 20.3. The van der Waals surface area contributed by atoms with Gasteiger partial charge in [0.05, 0.1) is 19.3 Å². The summed E-state index contributed by atoms with van der Waals surface area (Å²) in [7, 11) is 0. The first kappa shape index (κ1) is 39.1. The summed E-state index contributed by atoms with van der Waals surface area (Å²) in [6.07, 6.45) is 10.1. The summed E-state index contributed by atoms with van der Waals surface area (Å²) in [5.74, 6) is 0.517. The number of ether oxygens (including phenoxy) is 2. The van der Waals surface area contributed by atoms with Crippen LogP contribution >= 0.6 is 0 Å². The Balaban J connectivity index is 1.21. The third kappa shape index (κ3) is 6.28. The number of benzene rings is 1. The van der Waals surface area contributed by atoms with Gasteiger partial charge in [-0.2, -0.15) is 0 Å². The fraction of sp³-hybridized carbons (Fsp3) is 0.739. The molecule has 6 nitrogen and oxygen atoms in total. The summed E-state index contributed by atoms with van der Waals surface area (Å²) >= 11 is 0. The first-order valence-corrected chi connectivity index (χ1v) is 20.2. The quantitative estimate of drug-likeness (QED) is 0.192. The highest BCUT2D eigenvalue weighted by atomic mass is 16.6. The molecule has 0 saturated heterocycles. The van der Waals surface area contributed by atoms with Crippen molar-refractivity contribution in [3.05, 3.63) is 55.0 Å². The average molecular weight is 715 g/mol. The predicted molar refractivity (Wildman–Crippen MR) is 204 cm³/mol. The number of rotatable bonds is 10. The number of carboxylic acid groups (broad SMARTS) is 1. The molecule has 5 aliphatic rings. The van der Waals surface area contributed by atoms with Gasteiger partial charge in [0.25, 0.3) is 0 Å². The summed E-state index contributed by atoms with van der Waals surface area (Å²) in [6.45, 7) is 29.9. The van der Waals surface area contributed by atoms with E-state index in [4.69, 9.17) is 16.4 Å². The number of esters is 2. The number of carboxylic acids is 1. The van der Waals surface area contributed by atoms with E-state index in [1.54, 1.807) is 0 Å². The molecule has 0 bridgehead atoms. The molecule has 2 radical (unpaired) electrons. The van der Waals surface area contributed by atoms with Crippen LogP contribution in [-0.2, 0) is 30.5 Å².